The van der Waals surface area contributed by atoms with Crippen LogP contribution >= 0.6 is 0 Å². The summed E-state index contributed by atoms with van der Waals surface area (Å²) in [6.45, 7) is 3.18. The van der Waals surface area contributed by atoms with Crippen LogP contribution in [0.2, 0.25) is 0 Å². The molecular formula is C8H15NO5. The number of carbonyl (C=O) groups excluding carboxylic acids is 1. The number of hydrogen-bond donors (Lipinski definition) is 3. The summed E-state index contributed by atoms with van der Waals surface area (Å²) in [4.78, 5) is 21.5. The first-order chi connectivity index (χ1) is 6.49. The molecule has 0 rings (SSSR count). The van der Waals surface area contributed by atoms with E-state index in [1.807, 2.05) is 0 Å². The van der Waals surface area contributed by atoms with Crippen LogP contribution in [0, 0.1) is 0 Å². The summed E-state index contributed by atoms with van der Waals surface area (Å²) >= 11 is 0. The van der Waals surface area contributed by atoms with Crippen LogP contribution < -0.4 is 5.32 Å². The average Bonchev–Trinajstić information content (AvgIpc) is 2.09. The molecule has 14 heavy (non-hydrogen) atoms. The number of carboxylic acid groups (broad SMARTS) is 1. The molecule has 0 aromatic carbocycles. The second-order valence-corrected chi connectivity index (χ2v) is 2.76. The Hall–Kier alpha value is -1.14. The van der Waals surface area contributed by atoms with E-state index in [0.29, 0.717) is 6.61 Å². The first kappa shape index (κ1) is 12.9. The third-order valence-electron chi connectivity index (χ3n) is 1.50. The molecule has 0 aromatic heterocycles. The number of rotatable bonds is 6. The van der Waals surface area contributed by atoms with Gasteiger partial charge in [-0.1, -0.05) is 0 Å². The van der Waals surface area contributed by atoms with Crippen LogP contribution in [-0.4, -0.2) is 47.4 Å². The predicted octanol–water partition coefficient (Wildman–Crippen LogP) is -1.03. The van der Waals surface area contributed by atoms with Gasteiger partial charge in [-0.25, -0.2) is 4.79 Å². The number of amides is 1. The average molecular weight is 205 g/mol. The molecule has 0 bridgehead atoms. The fraction of sp³-hybridized carbons (Fsp3) is 0.750. The quantitative estimate of drug-likeness (QED) is 0.515. The Balaban J connectivity index is 4.04. The van der Waals surface area contributed by atoms with E-state index >= 15 is 0 Å². The molecular weight excluding hydrogens is 190 g/mol. The minimum Gasteiger partial charge on any atom is -0.480 e. The fourth-order valence-corrected chi connectivity index (χ4v) is 0.799. The minimum absolute atomic E-state index is 0.201. The van der Waals surface area contributed by atoms with Gasteiger partial charge in [-0.3, -0.25) is 4.79 Å². The van der Waals surface area contributed by atoms with E-state index in [1.54, 1.807) is 6.92 Å². The number of ether oxygens (including phenoxy) is 1. The maximum absolute atomic E-state index is 11.0. The molecule has 0 saturated heterocycles. The van der Waals surface area contributed by atoms with Crippen LogP contribution in [0.3, 0.4) is 0 Å². The summed E-state index contributed by atoms with van der Waals surface area (Å²) in [6.07, 6.45) is -1.14. The summed E-state index contributed by atoms with van der Waals surface area (Å²) < 4.78 is 4.77. The zero-order valence-corrected chi connectivity index (χ0v) is 8.19. The highest BCUT2D eigenvalue weighted by molar-refractivity contribution is 5.84. The molecule has 0 saturated carbocycles. The Kier molecular flexibility index (Phi) is 5.82. The van der Waals surface area contributed by atoms with Crippen molar-refractivity contribution >= 4 is 11.9 Å². The molecule has 1 amide bonds. The second-order valence-electron chi connectivity index (χ2n) is 2.76. The van der Waals surface area contributed by atoms with Crippen LogP contribution in [0.4, 0.5) is 0 Å². The highest BCUT2D eigenvalue weighted by Gasteiger charge is 2.24. The molecule has 0 aliphatic carbocycles. The van der Waals surface area contributed by atoms with Gasteiger partial charge < -0.3 is 20.3 Å². The number of carbonyl (C=O) groups is 2. The van der Waals surface area contributed by atoms with Crippen molar-refractivity contribution in [2.24, 2.45) is 0 Å². The maximum Gasteiger partial charge on any atom is 0.328 e. The largest absolute Gasteiger partial charge is 0.480 e. The molecule has 6 nitrogen and oxygen atoms in total. The molecule has 6 heteroatoms. The summed E-state index contributed by atoms with van der Waals surface area (Å²) in [5.74, 6) is -1.83. The van der Waals surface area contributed by atoms with Crippen LogP contribution in [0.5, 0.6) is 0 Å². The van der Waals surface area contributed by atoms with Gasteiger partial charge in [-0.15, -0.1) is 0 Å². The summed E-state index contributed by atoms with van der Waals surface area (Å²) in [5, 5.41) is 19.8. The number of nitrogens with one attached hydrogen (secondary N) is 1. The molecule has 2 atom stereocenters. The van der Waals surface area contributed by atoms with E-state index in [2.05, 4.69) is 5.32 Å². The number of aliphatic carboxylic acids is 1. The van der Waals surface area contributed by atoms with Gasteiger partial charge in [-0.05, 0) is 13.8 Å². The van der Waals surface area contributed by atoms with Gasteiger partial charge >= 0.3 is 5.97 Å². The first-order valence-corrected chi connectivity index (χ1v) is 4.27. The third-order valence-corrected chi connectivity index (χ3v) is 1.50. The van der Waals surface area contributed by atoms with Crippen molar-refractivity contribution in [3.8, 4) is 0 Å². The standard InChI is InChI=1S/C8H15NO5/c1-3-14-4-6(11)9-7(5(2)10)8(12)13/h5,7,10H,3-4H2,1-2H3,(H,9,11)(H,12,13)/t5-,7+/m1/s1. The van der Waals surface area contributed by atoms with Crippen molar-refractivity contribution < 1.29 is 24.5 Å². The molecule has 82 valence electrons. The Morgan fingerprint density at radius 1 is 1.50 bits per heavy atom. The Labute approximate surface area is 81.9 Å². The molecule has 0 spiro atoms. The van der Waals surface area contributed by atoms with Crippen LogP contribution in [0.25, 0.3) is 0 Å². The van der Waals surface area contributed by atoms with Crippen molar-refractivity contribution in [3.63, 3.8) is 0 Å². The van der Waals surface area contributed by atoms with Gasteiger partial charge in [0, 0.05) is 6.61 Å². The lowest BCUT2D eigenvalue weighted by atomic mass is 10.2. The minimum atomic E-state index is -1.29. The number of carboxylic acids is 1. The van der Waals surface area contributed by atoms with E-state index in [4.69, 9.17) is 14.9 Å². The predicted molar refractivity (Wildman–Crippen MR) is 47.7 cm³/mol. The summed E-state index contributed by atoms with van der Waals surface area (Å²) in [5.41, 5.74) is 0. The van der Waals surface area contributed by atoms with Crippen molar-refractivity contribution in [2.45, 2.75) is 26.0 Å². The Morgan fingerprint density at radius 2 is 2.07 bits per heavy atom. The molecule has 0 fully saturated rings. The number of hydrogen-bond acceptors (Lipinski definition) is 4. The van der Waals surface area contributed by atoms with Gasteiger partial charge in [0.15, 0.2) is 6.04 Å². The molecule has 0 aliphatic rings. The highest BCUT2D eigenvalue weighted by Crippen LogP contribution is 1.92. The third kappa shape index (κ3) is 4.78. The van der Waals surface area contributed by atoms with E-state index < -0.39 is 24.0 Å². The zero-order chi connectivity index (χ0) is 11.1. The smallest absolute Gasteiger partial charge is 0.328 e. The topological polar surface area (TPSA) is 95.9 Å². The lowest BCUT2D eigenvalue weighted by Gasteiger charge is -2.16. The molecule has 0 aromatic rings. The van der Waals surface area contributed by atoms with Crippen molar-refractivity contribution in [1.82, 2.24) is 5.32 Å². The van der Waals surface area contributed by atoms with Crippen LogP contribution in [0.15, 0.2) is 0 Å². The molecule has 0 heterocycles. The first-order valence-electron chi connectivity index (χ1n) is 4.27. The SMILES string of the molecule is CCOCC(=O)N[C@H](C(=O)O)[C@@H](C)O. The van der Waals surface area contributed by atoms with E-state index in [0.717, 1.165) is 0 Å². The number of aliphatic hydroxyl groups excluding tert-OH is 1. The summed E-state index contributed by atoms with van der Waals surface area (Å²) in [7, 11) is 0. The highest BCUT2D eigenvalue weighted by atomic mass is 16.5. The van der Waals surface area contributed by atoms with Crippen molar-refractivity contribution in [2.75, 3.05) is 13.2 Å². The molecule has 0 unspecified atom stereocenters. The van der Waals surface area contributed by atoms with E-state index in [1.165, 1.54) is 6.92 Å². The molecule has 0 radical (unpaired) electrons. The van der Waals surface area contributed by atoms with Gasteiger partial charge in [0.25, 0.3) is 0 Å². The Morgan fingerprint density at radius 3 is 2.43 bits per heavy atom. The lowest BCUT2D eigenvalue weighted by molar-refractivity contribution is -0.145. The summed E-state index contributed by atoms with van der Waals surface area (Å²) in [6, 6.07) is -1.29. The lowest BCUT2D eigenvalue weighted by Crippen LogP contribution is -2.48. The monoisotopic (exact) mass is 205 g/mol. The second kappa shape index (κ2) is 6.33. The van der Waals surface area contributed by atoms with E-state index in [-0.39, 0.29) is 6.61 Å². The molecule has 0 aliphatic heterocycles. The van der Waals surface area contributed by atoms with Crippen molar-refractivity contribution in [3.05, 3.63) is 0 Å². The zero-order valence-electron chi connectivity index (χ0n) is 8.19. The van der Waals surface area contributed by atoms with Crippen molar-refractivity contribution in [1.29, 1.82) is 0 Å². The van der Waals surface area contributed by atoms with Gasteiger partial charge in [0.2, 0.25) is 5.91 Å². The van der Waals surface area contributed by atoms with Crippen LogP contribution in [-0.2, 0) is 14.3 Å². The van der Waals surface area contributed by atoms with Crippen LogP contribution in [0.1, 0.15) is 13.8 Å². The normalized spacial score (nSPS) is 14.5. The van der Waals surface area contributed by atoms with Gasteiger partial charge in [0.1, 0.15) is 6.61 Å². The molecule has 3 N–H and O–H groups in total. The number of aliphatic hydroxyl groups is 1. The van der Waals surface area contributed by atoms with Gasteiger partial charge in [-0.2, -0.15) is 0 Å². The fourth-order valence-electron chi connectivity index (χ4n) is 0.799. The van der Waals surface area contributed by atoms with Gasteiger partial charge in [0.05, 0.1) is 6.10 Å². The van der Waals surface area contributed by atoms with E-state index in [9.17, 15) is 9.59 Å². The Bertz CT molecular complexity index is 204. The maximum atomic E-state index is 11.0.